The minimum atomic E-state index is 0.566. The average Bonchev–Trinajstić information content (AvgIpc) is 3.00. The van der Waals surface area contributed by atoms with Gasteiger partial charge < -0.3 is 10.7 Å². The Bertz CT molecular complexity index is 640. The lowest BCUT2D eigenvalue weighted by atomic mass is 10.0. The van der Waals surface area contributed by atoms with Crippen molar-refractivity contribution in [2.75, 3.05) is 5.32 Å². The third-order valence-electron chi connectivity index (χ3n) is 4.28. The van der Waals surface area contributed by atoms with Crippen LogP contribution >= 0.6 is 0 Å². The Hall–Kier alpha value is -2.09. The van der Waals surface area contributed by atoms with Crippen LogP contribution in [0.1, 0.15) is 36.8 Å². The Balaban J connectivity index is 1.93. The van der Waals surface area contributed by atoms with Gasteiger partial charge in [0.25, 0.3) is 0 Å². The van der Waals surface area contributed by atoms with Crippen molar-refractivity contribution in [1.29, 1.82) is 5.41 Å². The van der Waals surface area contributed by atoms with Crippen LogP contribution in [0.2, 0.25) is 0 Å². The van der Waals surface area contributed by atoms with Gasteiger partial charge in [0.05, 0.1) is 0 Å². The van der Waals surface area contributed by atoms with E-state index in [-0.39, 0.29) is 0 Å². The highest BCUT2D eigenvalue weighted by Gasteiger charge is 2.16. The number of rotatable bonds is 4. The van der Waals surface area contributed by atoms with Crippen molar-refractivity contribution in [2.24, 2.45) is 0 Å². The molecule has 1 saturated carbocycles. The van der Waals surface area contributed by atoms with E-state index >= 15 is 0 Å². The van der Waals surface area contributed by atoms with Gasteiger partial charge in [-0.1, -0.05) is 54.8 Å². The van der Waals surface area contributed by atoms with Crippen LogP contribution in [0.3, 0.4) is 0 Å². The van der Waals surface area contributed by atoms with E-state index in [1.807, 2.05) is 6.07 Å². The molecular formula is C19H22N2. The molecule has 21 heavy (non-hydrogen) atoms. The maximum atomic E-state index is 7.60. The first-order chi connectivity index (χ1) is 10.3. The smallest absolute Gasteiger partial charge is 0.0437 e. The van der Waals surface area contributed by atoms with Crippen LogP contribution < -0.4 is 5.32 Å². The summed E-state index contributed by atoms with van der Waals surface area (Å²) in [6.07, 6.45) is 6.56. The van der Waals surface area contributed by atoms with Gasteiger partial charge in [-0.05, 0) is 37.0 Å². The molecule has 2 aromatic rings. The summed E-state index contributed by atoms with van der Waals surface area (Å²) in [7, 11) is 0. The number of hydrogen-bond acceptors (Lipinski definition) is 2. The molecule has 0 radical (unpaired) electrons. The fourth-order valence-electron chi connectivity index (χ4n) is 3.10. The summed E-state index contributed by atoms with van der Waals surface area (Å²) in [6.45, 7) is 2.12. The molecule has 0 aliphatic heterocycles. The molecule has 0 bridgehead atoms. The predicted octanol–water partition coefficient (Wildman–Crippen LogP) is 5.01. The Morgan fingerprint density at radius 1 is 1.05 bits per heavy atom. The molecule has 1 fully saturated rings. The Kier molecular flexibility index (Phi) is 4.05. The van der Waals surface area contributed by atoms with Gasteiger partial charge in [0.2, 0.25) is 0 Å². The largest absolute Gasteiger partial charge is 0.382 e. The fourth-order valence-corrected chi connectivity index (χ4v) is 3.10. The SMILES string of the molecule is Cc1cccc(-c2ccc(C=N)c(NC3CCCC3)c2)c1. The van der Waals surface area contributed by atoms with Crippen molar-refractivity contribution in [3.05, 3.63) is 53.6 Å². The predicted molar refractivity (Wildman–Crippen MR) is 90.4 cm³/mol. The zero-order valence-corrected chi connectivity index (χ0v) is 12.5. The Labute approximate surface area is 126 Å². The van der Waals surface area contributed by atoms with Gasteiger partial charge in [0.15, 0.2) is 0 Å². The minimum Gasteiger partial charge on any atom is -0.382 e. The first-order valence-electron chi connectivity index (χ1n) is 7.74. The lowest BCUT2D eigenvalue weighted by Crippen LogP contribution is -2.15. The lowest BCUT2D eigenvalue weighted by Gasteiger charge is -2.17. The number of benzene rings is 2. The topological polar surface area (TPSA) is 35.9 Å². The van der Waals surface area contributed by atoms with Crippen LogP contribution in [0.15, 0.2) is 42.5 Å². The lowest BCUT2D eigenvalue weighted by molar-refractivity contribution is 0.755. The van der Waals surface area contributed by atoms with E-state index in [4.69, 9.17) is 5.41 Å². The minimum absolute atomic E-state index is 0.566. The number of nitrogens with one attached hydrogen (secondary N) is 2. The van der Waals surface area contributed by atoms with Crippen LogP contribution in [-0.2, 0) is 0 Å². The molecule has 0 unspecified atom stereocenters. The van der Waals surface area contributed by atoms with Gasteiger partial charge in [-0.2, -0.15) is 0 Å². The van der Waals surface area contributed by atoms with E-state index in [0.717, 1.165) is 11.3 Å². The van der Waals surface area contributed by atoms with Crippen molar-refractivity contribution in [1.82, 2.24) is 0 Å². The van der Waals surface area contributed by atoms with Gasteiger partial charge in [0, 0.05) is 23.5 Å². The van der Waals surface area contributed by atoms with Crippen molar-refractivity contribution in [3.63, 3.8) is 0 Å². The molecule has 2 nitrogen and oxygen atoms in total. The van der Waals surface area contributed by atoms with Crippen molar-refractivity contribution in [2.45, 2.75) is 38.6 Å². The van der Waals surface area contributed by atoms with Gasteiger partial charge in [-0.3, -0.25) is 0 Å². The maximum absolute atomic E-state index is 7.60. The second-order valence-electron chi connectivity index (χ2n) is 5.94. The second kappa shape index (κ2) is 6.13. The van der Waals surface area contributed by atoms with Crippen LogP contribution in [0, 0.1) is 12.3 Å². The van der Waals surface area contributed by atoms with E-state index in [9.17, 15) is 0 Å². The molecule has 2 heteroatoms. The van der Waals surface area contributed by atoms with E-state index in [0.29, 0.717) is 6.04 Å². The molecule has 108 valence electrons. The number of anilines is 1. The van der Waals surface area contributed by atoms with Crippen LogP contribution in [0.4, 0.5) is 5.69 Å². The summed E-state index contributed by atoms with van der Waals surface area (Å²) in [5.41, 5.74) is 5.79. The van der Waals surface area contributed by atoms with Crippen molar-refractivity contribution >= 4 is 11.9 Å². The molecule has 0 heterocycles. The fraction of sp³-hybridized carbons (Fsp3) is 0.316. The standard InChI is InChI=1S/C19H22N2/c1-14-5-4-6-15(11-14)16-9-10-17(13-20)19(12-16)21-18-7-2-3-8-18/h4-6,9-13,18,20-21H,2-3,7-8H2,1H3. The highest BCUT2D eigenvalue weighted by molar-refractivity contribution is 5.88. The summed E-state index contributed by atoms with van der Waals surface area (Å²) in [5.74, 6) is 0. The molecule has 0 atom stereocenters. The Morgan fingerprint density at radius 2 is 1.81 bits per heavy atom. The number of hydrogen-bond donors (Lipinski definition) is 2. The molecule has 0 saturated heterocycles. The quantitative estimate of drug-likeness (QED) is 0.757. The van der Waals surface area contributed by atoms with Gasteiger partial charge in [-0.25, -0.2) is 0 Å². The summed E-state index contributed by atoms with van der Waals surface area (Å²) in [4.78, 5) is 0. The van der Waals surface area contributed by atoms with Gasteiger partial charge in [0.1, 0.15) is 0 Å². The molecular weight excluding hydrogens is 256 g/mol. The first kappa shape index (κ1) is 13.9. The normalized spacial score (nSPS) is 15.1. The first-order valence-corrected chi connectivity index (χ1v) is 7.74. The highest BCUT2D eigenvalue weighted by Crippen LogP contribution is 2.28. The highest BCUT2D eigenvalue weighted by atomic mass is 14.9. The van der Waals surface area contributed by atoms with Gasteiger partial charge in [-0.15, -0.1) is 0 Å². The summed E-state index contributed by atoms with van der Waals surface area (Å²) in [5, 5.41) is 11.2. The van der Waals surface area contributed by atoms with Crippen LogP contribution in [-0.4, -0.2) is 12.3 Å². The van der Waals surface area contributed by atoms with E-state index in [1.54, 1.807) is 0 Å². The van der Waals surface area contributed by atoms with E-state index in [2.05, 4.69) is 48.6 Å². The summed E-state index contributed by atoms with van der Waals surface area (Å²) >= 11 is 0. The molecule has 2 aromatic carbocycles. The third kappa shape index (κ3) is 3.15. The van der Waals surface area contributed by atoms with Crippen LogP contribution in [0.25, 0.3) is 11.1 Å². The molecule has 0 spiro atoms. The average molecular weight is 278 g/mol. The monoisotopic (exact) mass is 278 g/mol. The molecule has 1 aliphatic rings. The molecule has 0 aromatic heterocycles. The van der Waals surface area contributed by atoms with E-state index < -0.39 is 0 Å². The number of aryl methyl sites for hydroxylation is 1. The molecule has 2 N–H and O–H groups in total. The molecule has 0 amide bonds. The molecule has 1 aliphatic carbocycles. The zero-order chi connectivity index (χ0) is 14.7. The van der Waals surface area contributed by atoms with Gasteiger partial charge >= 0.3 is 0 Å². The van der Waals surface area contributed by atoms with Crippen molar-refractivity contribution < 1.29 is 0 Å². The van der Waals surface area contributed by atoms with Crippen molar-refractivity contribution in [3.8, 4) is 11.1 Å². The summed E-state index contributed by atoms with van der Waals surface area (Å²) in [6, 6.07) is 15.5. The van der Waals surface area contributed by atoms with Crippen LogP contribution in [0.5, 0.6) is 0 Å². The summed E-state index contributed by atoms with van der Waals surface area (Å²) < 4.78 is 0. The van der Waals surface area contributed by atoms with E-state index in [1.165, 1.54) is 48.6 Å². The zero-order valence-electron chi connectivity index (χ0n) is 12.5. The Morgan fingerprint density at radius 3 is 2.52 bits per heavy atom. The third-order valence-corrected chi connectivity index (χ3v) is 4.28. The molecule has 3 rings (SSSR count). The second-order valence-corrected chi connectivity index (χ2v) is 5.94. The maximum Gasteiger partial charge on any atom is 0.0437 e.